The molecule has 0 spiro atoms. The number of hydrogen-bond acceptors (Lipinski definition) is 7. The van der Waals surface area contributed by atoms with Gasteiger partial charge in [-0.3, -0.25) is 0 Å². The fourth-order valence-electron chi connectivity index (χ4n) is 4.12. The fourth-order valence-corrected chi connectivity index (χ4v) is 5.24. The topological polar surface area (TPSA) is 66.9 Å². The Balaban J connectivity index is 1.51. The summed E-state index contributed by atoms with van der Waals surface area (Å²) < 4.78 is 90.0. The summed E-state index contributed by atoms with van der Waals surface area (Å²) in [5.41, 5.74) is -2.52. The number of hydrogen-bond donors (Lipinski definition) is 2. The minimum atomic E-state index is -4.99. The maximum Gasteiger partial charge on any atom is 0.416 e. The van der Waals surface area contributed by atoms with Crippen molar-refractivity contribution in [3.05, 3.63) is 63.5 Å². The number of nitrogens with one attached hydrogen (secondary N) is 1. The predicted octanol–water partition coefficient (Wildman–Crippen LogP) is 5.86. The van der Waals surface area contributed by atoms with E-state index in [1.54, 1.807) is 12.1 Å². The van der Waals surface area contributed by atoms with Crippen LogP contribution in [-0.2, 0) is 25.4 Å². The van der Waals surface area contributed by atoms with Gasteiger partial charge in [0.25, 0.3) is 0 Å². The van der Waals surface area contributed by atoms with Crippen molar-refractivity contribution < 1.29 is 40.9 Å². The molecule has 13 heteroatoms. The van der Waals surface area contributed by atoms with Crippen LogP contribution in [0.15, 0.2) is 36.4 Å². The van der Waals surface area contributed by atoms with Crippen molar-refractivity contribution in [3.8, 4) is 17.4 Å². The summed E-state index contributed by atoms with van der Waals surface area (Å²) in [6.07, 6.45) is -9.57. The molecular formula is C25H25F6N3O3S. The van der Waals surface area contributed by atoms with Gasteiger partial charge < -0.3 is 24.8 Å². The largest absolute Gasteiger partial charge is 0.493 e. The first-order valence-corrected chi connectivity index (χ1v) is 12.4. The third kappa shape index (κ3) is 6.26. The van der Waals surface area contributed by atoms with Crippen molar-refractivity contribution in [2.45, 2.75) is 38.3 Å². The average Bonchev–Trinajstić information content (AvgIpc) is 3.21. The number of thiazole rings is 1. The molecule has 4 rings (SSSR count). The number of alkyl halides is 6. The summed E-state index contributed by atoms with van der Waals surface area (Å²) in [7, 11) is 1.36. The van der Waals surface area contributed by atoms with Crippen LogP contribution >= 0.6 is 11.3 Å². The molecule has 1 aliphatic rings. The van der Waals surface area contributed by atoms with Crippen LogP contribution in [0.4, 0.5) is 31.5 Å². The van der Waals surface area contributed by atoms with Crippen LogP contribution in [-0.4, -0.2) is 42.9 Å². The minimum Gasteiger partial charge on any atom is -0.493 e. The number of methoxy groups -OCH3 is 1. The summed E-state index contributed by atoms with van der Waals surface area (Å²) in [4.78, 5) is 7.07. The average molecular weight is 562 g/mol. The van der Waals surface area contributed by atoms with Crippen LogP contribution in [0.2, 0.25) is 0 Å². The van der Waals surface area contributed by atoms with E-state index in [9.17, 15) is 31.4 Å². The molecule has 0 aliphatic carbocycles. The van der Waals surface area contributed by atoms with Gasteiger partial charge in [-0.2, -0.15) is 31.3 Å². The van der Waals surface area contributed by atoms with E-state index in [1.807, 2.05) is 0 Å². The first-order chi connectivity index (χ1) is 17.9. The van der Waals surface area contributed by atoms with E-state index in [2.05, 4.69) is 22.1 Å². The van der Waals surface area contributed by atoms with Crippen molar-refractivity contribution in [1.29, 1.82) is 0 Å². The molecule has 0 radical (unpaired) electrons. The van der Waals surface area contributed by atoms with Gasteiger partial charge >= 0.3 is 12.4 Å². The number of benzene rings is 2. The molecule has 0 amide bonds. The number of rotatable bonds is 7. The van der Waals surface area contributed by atoms with Crippen LogP contribution in [0.5, 0.6) is 17.4 Å². The number of piperazine rings is 1. The van der Waals surface area contributed by atoms with Gasteiger partial charge in [-0.15, -0.1) is 0 Å². The van der Waals surface area contributed by atoms with Gasteiger partial charge in [0.15, 0.2) is 16.6 Å². The highest BCUT2D eigenvalue weighted by Gasteiger charge is 2.38. The Morgan fingerprint density at radius 2 is 1.84 bits per heavy atom. The first kappa shape index (κ1) is 27.8. The second kappa shape index (κ2) is 10.9. The van der Waals surface area contributed by atoms with Crippen molar-refractivity contribution in [1.82, 2.24) is 10.3 Å². The summed E-state index contributed by atoms with van der Waals surface area (Å²) in [5.74, 6) is 0.271. The molecule has 1 atom stereocenters. The second-order valence-electron chi connectivity index (χ2n) is 8.81. The van der Waals surface area contributed by atoms with Crippen molar-refractivity contribution in [2.24, 2.45) is 0 Å². The van der Waals surface area contributed by atoms with Gasteiger partial charge in [0.1, 0.15) is 6.61 Å². The SMILES string of the molecule is COc1cc(Cc2sc(N3CCNCC3C)nc2O)ccc1OCc1ccc(C(F)(F)F)cc1C(F)(F)F. The van der Waals surface area contributed by atoms with Gasteiger partial charge in [0.2, 0.25) is 5.88 Å². The molecule has 38 heavy (non-hydrogen) atoms. The summed E-state index contributed by atoms with van der Waals surface area (Å²) in [6, 6.07) is 6.45. The first-order valence-electron chi connectivity index (χ1n) is 11.6. The fraction of sp³-hybridized carbons (Fsp3) is 0.400. The molecule has 2 aromatic carbocycles. The lowest BCUT2D eigenvalue weighted by atomic mass is 10.0. The van der Waals surface area contributed by atoms with Crippen LogP contribution in [0.25, 0.3) is 0 Å². The molecule has 1 aliphatic heterocycles. The smallest absolute Gasteiger partial charge is 0.416 e. The highest BCUT2D eigenvalue weighted by Crippen LogP contribution is 2.39. The zero-order chi connectivity index (χ0) is 27.7. The molecule has 2 N–H and O–H groups in total. The highest BCUT2D eigenvalue weighted by atomic mass is 32.1. The van der Waals surface area contributed by atoms with Crippen molar-refractivity contribution >= 4 is 16.5 Å². The van der Waals surface area contributed by atoms with E-state index in [-0.39, 0.29) is 29.5 Å². The Labute approximate surface area is 218 Å². The number of aromatic nitrogens is 1. The normalized spacial score (nSPS) is 16.5. The molecular weight excluding hydrogens is 536 g/mol. The van der Waals surface area contributed by atoms with Gasteiger partial charge in [-0.25, -0.2) is 0 Å². The molecule has 1 unspecified atom stereocenters. The molecule has 0 saturated carbocycles. The number of anilines is 1. The van der Waals surface area contributed by atoms with E-state index in [0.29, 0.717) is 17.4 Å². The van der Waals surface area contributed by atoms with Crippen LogP contribution in [0.1, 0.15) is 34.1 Å². The molecule has 206 valence electrons. The monoisotopic (exact) mass is 561 g/mol. The van der Waals surface area contributed by atoms with E-state index in [0.717, 1.165) is 36.4 Å². The van der Waals surface area contributed by atoms with Crippen LogP contribution < -0.4 is 19.7 Å². The molecule has 1 aromatic heterocycles. The molecule has 3 aromatic rings. The Morgan fingerprint density at radius 1 is 1.08 bits per heavy atom. The Bertz CT molecular complexity index is 1280. The molecule has 2 heterocycles. The van der Waals surface area contributed by atoms with E-state index in [4.69, 9.17) is 9.47 Å². The Morgan fingerprint density at radius 3 is 2.50 bits per heavy atom. The zero-order valence-corrected chi connectivity index (χ0v) is 21.2. The van der Waals surface area contributed by atoms with Gasteiger partial charge in [0.05, 0.1) is 23.1 Å². The lowest BCUT2D eigenvalue weighted by Gasteiger charge is -2.33. The van der Waals surface area contributed by atoms with E-state index < -0.39 is 35.6 Å². The number of ether oxygens (including phenoxy) is 2. The van der Waals surface area contributed by atoms with E-state index >= 15 is 0 Å². The summed E-state index contributed by atoms with van der Waals surface area (Å²) >= 11 is 1.37. The third-order valence-corrected chi connectivity index (χ3v) is 7.21. The number of aromatic hydroxyl groups is 1. The van der Waals surface area contributed by atoms with E-state index in [1.165, 1.54) is 24.5 Å². The predicted molar refractivity (Wildman–Crippen MR) is 130 cm³/mol. The molecule has 1 fully saturated rings. The second-order valence-corrected chi connectivity index (χ2v) is 9.87. The lowest BCUT2D eigenvalue weighted by molar-refractivity contribution is -0.143. The maximum atomic E-state index is 13.4. The molecule has 6 nitrogen and oxygen atoms in total. The van der Waals surface area contributed by atoms with Crippen LogP contribution in [0, 0.1) is 0 Å². The summed E-state index contributed by atoms with van der Waals surface area (Å²) in [5, 5.41) is 14.4. The van der Waals surface area contributed by atoms with Gasteiger partial charge in [0, 0.05) is 37.7 Å². The van der Waals surface area contributed by atoms with Gasteiger partial charge in [-0.05, 0) is 36.8 Å². The van der Waals surface area contributed by atoms with Crippen molar-refractivity contribution in [3.63, 3.8) is 0 Å². The Kier molecular flexibility index (Phi) is 7.98. The van der Waals surface area contributed by atoms with Crippen molar-refractivity contribution in [2.75, 3.05) is 31.6 Å². The number of nitrogens with zero attached hydrogens (tertiary/aromatic N) is 2. The highest BCUT2D eigenvalue weighted by molar-refractivity contribution is 7.15. The standard InChI is InChI=1S/C25H25F6N3O3S/c1-14-12-32-7-8-34(14)23-33-22(35)21(38-23)10-15-3-6-19(20(9-15)36-2)37-13-16-4-5-17(24(26,27)28)11-18(16)25(29,30)31/h3-6,9,11,14,32,35H,7-8,10,12-13H2,1-2H3. The zero-order valence-electron chi connectivity index (χ0n) is 20.4. The van der Waals surface area contributed by atoms with Crippen LogP contribution in [0.3, 0.4) is 0 Å². The molecule has 0 bridgehead atoms. The quantitative estimate of drug-likeness (QED) is 0.352. The maximum absolute atomic E-state index is 13.4. The Hall–Kier alpha value is -3.19. The minimum absolute atomic E-state index is 0.0722. The van der Waals surface area contributed by atoms with Gasteiger partial charge in [-0.1, -0.05) is 23.5 Å². The third-order valence-electron chi connectivity index (χ3n) is 6.13. The lowest BCUT2D eigenvalue weighted by Crippen LogP contribution is -2.49. The number of halogens is 6. The molecule has 1 saturated heterocycles. The summed E-state index contributed by atoms with van der Waals surface area (Å²) in [6.45, 7) is 3.84.